The van der Waals surface area contributed by atoms with Crippen LogP contribution in [-0.4, -0.2) is 30.4 Å². The van der Waals surface area contributed by atoms with Crippen LogP contribution in [-0.2, 0) is 6.42 Å². The fourth-order valence-corrected chi connectivity index (χ4v) is 1.80. The van der Waals surface area contributed by atoms with Crippen molar-refractivity contribution in [3.05, 3.63) is 42.5 Å². The molecule has 1 saturated carbocycles. The zero-order valence-corrected chi connectivity index (χ0v) is 11.9. The van der Waals surface area contributed by atoms with E-state index in [-0.39, 0.29) is 12.4 Å². The fourth-order valence-electron chi connectivity index (χ4n) is 1.80. The molecule has 0 aliphatic heterocycles. The molecule has 1 aromatic rings. The average molecular weight is 284 g/mol. The van der Waals surface area contributed by atoms with Gasteiger partial charge in [-0.05, 0) is 30.9 Å². The van der Waals surface area contributed by atoms with Gasteiger partial charge >= 0.3 is 0 Å². The van der Waals surface area contributed by atoms with Crippen LogP contribution in [0.5, 0.6) is 5.75 Å². The lowest BCUT2D eigenvalue weighted by atomic mass is 10.1. The minimum atomic E-state index is -0.456. The van der Waals surface area contributed by atoms with E-state index in [0.29, 0.717) is 19.2 Å². The minimum absolute atomic E-state index is 0. The largest absolute Gasteiger partial charge is 0.491 e. The van der Waals surface area contributed by atoms with Gasteiger partial charge in [0.05, 0.1) is 0 Å². The molecule has 0 saturated heterocycles. The summed E-state index contributed by atoms with van der Waals surface area (Å²) in [6.45, 7) is 4.67. The van der Waals surface area contributed by atoms with E-state index in [1.165, 1.54) is 12.8 Å². The van der Waals surface area contributed by atoms with Crippen molar-refractivity contribution >= 4 is 12.4 Å². The molecule has 1 fully saturated rings. The highest BCUT2D eigenvalue weighted by molar-refractivity contribution is 5.85. The van der Waals surface area contributed by atoms with E-state index in [9.17, 15) is 5.11 Å². The van der Waals surface area contributed by atoms with E-state index in [4.69, 9.17) is 4.74 Å². The lowest BCUT2D eigenvalue weighted by molar-refractivity contribution is 0.105. The number of rotatable bonds is 8. The number of nitrogens with one attached hydrogen (secondary N) is 1. The first kappa shape index (κ1) is 16.0. The Morgan fingerprint density at radius 3 is 2.84 bits per heavy atom. The Kier molecular flexibility index (Phi) is 6.92. The molecule has 3 nitrogen and oxygen atoms in total. The third kappa shape index (κ3) is 5.64. The van der Waals surface area contributed by atoms with Crippen molar-refractivity contribution in [2.24, 2.45) is 0 Å². The number of ether oxygens (including phenoxy) is 1. The first-order chi connectivity index (χ1) is 8.79. The lowest BCUT2D eigenvalue weighted by Crippen LogP contribution is -2.32. The van der Waals surface area contributed by atoms with Crippen LogP contribution in [0.25, 0.3) is 0 Å². The van der Waals surface area contributed by atoms with Crippen LogP contribution in [0.2, 0.25) is 0 Å². The zero-order valence-electron chi connectivity index (χ0n) is 11.0. The van der Waals surface area contributed by atoms with Crippen LogP contribution in [0, 0.1) is 0 Å². The van der Waals surface area contributed by atoms with E-state index in [2.05, 4.69) is 11.9 Å². The SMILES string of the molecule is C=CCc1ccccc1OCC(O)CNC1CC1.Cl. The number of halogens is 1. The first-order valence-corrected chi connectivity index (χ1v) is 6.52. The quantitative estimate of drug-likeness (QED) is 0.720. The maximum atomic E-state index is 9.80. The summed E-state index contributed by atoms with van der Waals surface area (Å²) in [5, 5.41) is 13.1. The summed E-state index contributed by atoms with van der Waals surface area (Å²) in [6, 6.07) is 8.49. The van der Waals surface area contributed by atoms with Gasteiger partial charge < -0.3 is 15.2 Å². The molecule has 0 spiro atoms. The highest BCUT2D eigenvalue weighted by Crippen LogP contribution is 2.20. The average Bonchev–Trinajstić information content (AvgIpc) is 3.20. The van der Waals surface area contributed by atoms with Crippen molar-refractivity contribution in [1.82, 2.24) is 5.32 Å². The smallest absolute Gasteiger partial charge is 0.122 e. The minimum Gasteiger partial charge on any atom is -0.491 e. The lowest BCUT2D eigenvalue weighted by Gasteiger charge is -2.15. The van der Waals surface area contributed by atoms with Gasteiger partial charge in [0, 0.05) is 12.6 Å². The maximum absolute atomic E-state index is 9.80. The van der Waals surface area contributed by atoms with Gasteiger partial charge in [-0.25, -0.2) is 0 Å². The molecular formula is C15H22ClNO2. The summed E-state index contributed by atoms with van der Waals surface area (Å²) < 4.78 is 5.67. The molecule has 1 unspecified atom stereocenters. The second-order valence-electron chi connectivity index (χ2n) is 4.75. The van der Waals surface area contributed by atoms with Gasteiger partial charge in [-0.2, -0.15) is 0 Å². The van der Waals surface area contributed by atoms with Gasteiger partial charge in [-0.3, -0.25) is 0 Å². The summed E-state index contributed by atoms with van der Waals surface area (Å²) in [4.78, 5) is 0. The van der Waals surface area contributed by atoms with Crippen molar-refractivity contribution in [2.45, 2.75) is 31.4 Å². The van der Waals surface area contributed by atoms with E-state index in [1.807, 2.05) is 30.3 Å². The molecule has 2 rings (SSSR count). The second kappa shape index (κ2) is 8.20. The number of hydrogen-bond acceptors (Lipinski definition) is 3. The van der Waals surface area contributed by atoms with Gasteiger partial charge in [0.1, 0.15) is 18.5 Å². The summed E-state index contributed by atoms with van der Waals surface area (Å²) in [7, 11) is 0. The number of allylic oxidation sites excluding steroid dienone is 1. The first-order valence-electron chi connectivity index (χ1n) is 6.52. The third-order valence-electron chi connectivity index (χ3n) is 2.99. The highest BCUT2D eigenvalue weighted by Gasteiger charge is 2.21. The Balaban J connectivity index is 0.00000180. The maximum Gasteiger partial charge on any atom is 0.122 e. The molecule has 0 bridgehead atoms. The Labute approximate surface area is 121 Å². The van der Waals surface area contributed by atoms with Gasteiger partial charge in [0.2, 0.25) is 0 Å². The monoisotopic (exact) mass is 283 g/mol. The normalized spacial score (nSPS) is 15.4. The molecule has 1 aliphatic carbocycles. The zero-order chi connectivity index (χ0) is 12.8. The molecular weight excluding hydrogens is 262 g/mol. The van der Waals surface area contributed by atoms with Crippen molar-refractivity contribution in [3.8, 4) is 5.75 Å². The van der Waals surface area contributed by atoms with Gasteiger partial charge in [-0.1, -0.05) is 24.3 Å². The molecule has 106 valence electrons. The molecule has 1 atom stereocenters. The Bertz CT molecular complexity index is 393. The second-order valence-corrected chi connectivity index (χ2v) is 4.75. The molecule has 19 heavy (non-hydrogen) atoms. The van der Waals surface area contributed by atoms with Crippen molar-refractivity contribution < 1.29 is 9.84 Å². The number of aliphatic hydroxyl groups excluding tert-OH is 1. The Hall–Kier alpha value is -1.03. The molecule has 0 heterocycles. The summed E-state index contributed by atoms with van der Waals surface area (Å²) in [6.07, 6.45) is 4.65. The van der Waals surface area contributed by atoms with Crippen LogP contribution in [0.15, 0.2) is 36.9 Å². The number of hydrogen-bond donors (Lipinski definition) is 2. The van der Waals surface area contributed by atoms with Gasteiger partial charge in [-0.15, -0.1) is 19.0 Å². The molecule has 0 radical (unpaired) electrons. The number of aliphatic hydroxyl groups is 1. The van der Waals surface area contributed by atoms with Crippen LogP contribution in [0.4, 0.5) is 0 Å². The predicted molar refractivity (Wildman–Crippen MR) is 80.1 cm³/mol. The van der Waals surface area contributed by atoms with Gasteiger partial charge in [0.15, 0.2) is 0 Å². The van der Waals surface area contributed by atoms with Crippen LogP contribution < -0.4 is 10.1 Å². The van der Waals surface area contributed by atoms with Crippen molar-refractivity contribution in [1.29, 1.82) is 0 Å². The summed E-state index contributed by atoms with van der Waals surface area (Å²) >= 11 is 0. The molecule has 0 amide bonds. The van der Waals surface area contributed by atoms with Crippen LogP contribution in [0.3, 0.4) is 0 Å². The van der Waals surface area contributed by atoms with Gasteiger partial charge in [0.25, 0.3) is 0 Å². The van der Waals surface area contributed by atoms with E-state index < -0.39 is 6.10 Å². The molecule has 0 aromatic heterocycles. The molecule has 1 aromatic carbocycles. The van der Waals surface area contributed by atoms with Crippen molar-refractivity contribution in [2.75, 3.05) is 13.2 Å². The van der Waals surface area contributed by atoms with E-state index >= 15 is 0 Å². The third-order valence-corrected chi connectivity index (χ3v) is 2.99. The summed E-state index contributed by atoms with van der Waals surface area (Å²) in [5.74, 6) is 0.836. The standard InChI is InChI=1S/C15H21NO2.ClH/c1-2-5-12-6-3-4-7-15(12)18-11-14(17)10-16-13-8-9-13;/h2-4,6-7,13-14,16-17H,1,5,8-11H2;1H. The fraction of sp³-hybridized carbons (Fsp3) is 0.467. The van der Waals surface area contributed by atoms with Crippen LogP contribution >= 0.6 is 12.4 Å². The predicted octanol–water partition coefficient (Wildman–Crippen LogP) is 2.33. The molecule has 1 aliphatic rings. The highest BCUT2D eigenvalue weighted by atomic mass is 35.5. The Morgan fingerprint density at radius 1 is 1.42 bits per heavy atom. The number of para-hydroxylation sites is 1. The topological polar surface area (TPSA) is 41.5 Å². The summed E-state index contributed by atoms with van der Waals surface area (Å²) in [5.41, 5.74) is 1.11. The number of benzene rings is 1. The molecule has 4 heteroatoms. The van der Waals surface area contributed by atoms with Crippen molar-refractivity contribution in [3.63, 3.8) is 0 Å². The van der Waals surface area contributed by atoms with E-state index in [0.717, 1.165) is 17.7 Å². The van der Waals surface area contributed by atoms with E-state index in [1.54, 1.807) is 0 Å². The Morgan fingerprint density at radius 2 is 2.16 bits per heavy atom. The molecule has 2 N–H and O–H groups in total. The van der Waals surface area contributed by atoms with Crippen LogP contribution in [0.1, 0.15) is 18.4 Å².